The lowest BCUT2D eigenvalue weighted by atomic mass is 10.0. The number of ether oxygens (including phenoxy) is 1. The summed E-state index contributed by atoms with van der Waals surface area (Å²) in [5.41, 5.74) is 0. The van der Waals surface area contributed by atoms with Crippen LogP contribution in [0.3, 0.4) is 0 Å². The van der Waals surface area contributed by atoms with Gasteiger partial charge in [-0.2, -0.15) is 0 Å². The lowest BCUT2D eigenvalue weighted by molar-refractivity contribution is -0.137. The Balaban J connectivity index is 2.25. The van der Waals surface area contributed by atoms with E-state index in [1.54, 1.807) is 4.90 Å². The fourth-order valence-corrected chi connectivity index (χ4v) is 2.36. The van der Waals surface area contributed by atoms with Crippen molar-refractivity contribution in [3.05, 3.63) is 0 Å². The van der Waals surface area contributed by atoms with Gasteiger partial charge < -0.3 is 25.2 Å². The Morgan fingerprint density at radius 1 is 1.38 bits per heavy atom. The zero-order chi connectivity index (χ0) is 15.8. The van der Waals surface area contributed by atoms with E-state index in [-0.39, 0.29) is 37.2 Å². The number of amides is 2. The molecule has 0 radical (unpaired) electrons. The third-order valence-electron chi connectivity index (χ3n) is 3.58. The number of nitrogens with one attached hydrogen (secondary N) is 1. The average molecular weight is 302 g/mol. The van der Waals surface area contributed by atoms with Crippen molar-refractivity contribution in [1.29, 1.82) is 0 Å². The molecule has 0 aromatic carbocycles. The van der Waals surface area contributed by atoms with E-state index in [0.29, 0.717) is 26.1 Å². The van der Waals surface area contributed by atoms with Crippen molar-refractivity contribution in [2.75, 3.05) is 26.2 Å². The maximum Gasteiger partial charge on any atom is 0.317 e. The van der Waals surface area contributed by atoms with Gasteiger partial charge in [-0.3, -0.25) is 4.79 Å². The highest BCUT2D eigenvalue weighted by atomic mass is 16.5. The van der Waals surface area contributed by atoms with Crippen LogP contribution in [0.5, 0.6) is 0 Å². The second kappa shape index (κ2) is 8.84. The number of carbonyl (C=O) groups excluding carboxylic acids is 1. The molecule has 1 saturated heterocycles. The average Bonchev–Trinajstić information content (AvgIpc) is 2.44. The van der Waals surface area contributed by atoms with Crippen LogP contribution in [0.25, 0.3) is 0 Å². The number of hydrogen-bond donors (Lipinski definition) is 3. The summed E-state index contributed by atoms with van der Waals surface area (Å²) in [6.45, 7) is 5.18. The summed E-state index contributed by atoms with van der Waals surface area (Å²) in [5.74, 6) is -0.529. The molecule has 21 heavy (non-hydrogen) atoms. The molecular formula is C14H26N2O5. The predicted molar refractivity (Wildman–Crippen MR) is 77.0 cm³/mol. The van der Waals surface area contributed by atoms with Gasteiger partial charge in [-0.05, 0) is 25.7 Å². The lowest BCUT2D eigenvalue weighted by Gasteiger charge is -2.36. The summed E-state index contributed by atoms with van der Waals surface area (Å²) in [7, 11) is 0. The molecule has 0 spiro atoms. The number of carboxylic acids is 1. The van der Waals surface area contributed by atoms with Gasteiger partial charge in [0.05, 0.1) is 25.4 Å². The first kappa shape index (κ1) is 17.7. The normalized spacial score (nSPS) is 23.7. The van der Waals surface area contributed by atoms with E-state index in [0.717, 1.165) is 6.42 Å². The molecule has 1 aliphatic rings. The first-order chi connectivity index (χ1) is 9.92. The van der Waals surface area contributed by atoms with E-state index in [9.17, 15) is 9.59 Å². The van der Waals surface area contributed by atoms with Crippen LogP contribution in [0.1, 0.15) is 33.1 Å². The van der Waals surface area contributed by atoms with Gasteiger partial charge in [0.1, 0.15) is 0 Å². The number of aliphatic hydroxyl groups is 1. The molecule has 0 aromatic heterocycles. The smallest absolute Gasteiger partial charge is 0.317 e. The lowest BCUT2D eigenvalue weighted by Crippen LogP contribution is -2.53. The molecule has 1 aliphatic heterocycles. The molecule has 3 atom stereocenters. The standard InChI is InChI=1S/C14H26N2O5/c1-10(3-4-13(18)19)5-6-15-14(20)16-7-11(2)21-12(8-16)9-17/h10-12,17H,3-9H2,1-2H3,(H,15,20)(H,18,19). The molecule has 2 amide bonds. The van der Waals surface area contributed by atoms with Crippen molar-refractivity contribution >= 4 is 12.0 Å². The molecule has 7 heteroatoms. The SMILES string of the molecule is CC(CCNC(=O)N1CC(C)OC(CO)C1)CCC(=O)O. The summed E-state index contributed by atoms with van der Waals surface area (Å²) < 4.78 is 5.49. The fourth-order valence-electron chi connectivity index (χ4n) is 2.36. The molecule has 3 N–H and O–H groups in total. The minimum Gasteiger partial charge on any atom is -0.481 e. The Morgan fingerprint density at radius 2 is 2.10 bits per heavy atom. The zero-order valence-corrected chi connectivity index (χ0v) is 12.7. The van der Waals surface area contributed by atoms with Crippen LogP contribution in [0, 0.1) is 5.92 Å². The van der Waals surface area contributed by atoms with Gasteiger partial charge >= 0.3 is 12.0 Å². The minimum atomic E-state index is -0.789. The van der Waals surface area contributed by atoms with Crippen LogP contribution in [-0.2, 0) is 9.53 Å². The van der Waals surface area contributed by atoms with Gasteiger partial charge in [0.15, 0.2) is 0 Å². The molecule has 0 aromatic rings. The van der Waals surface area contributed by atoms with Crippen LogP contribution in [0.2, 0.25) is 0 Å². The summed E-state index contributed by atoms with van der Waals surface area (Å²) in [5, 5.41) is 20.6. The van der Waals surface area contributed by atoms with Crippen molar-refractivity contribution in [3.8, 4) is 0 Å². The molecule has 122 valence electrons. The second-order valence-electron chi connectivity index (χ2n) is 5.71. The van der Waals surface area contributed by atoms with Crippen LogP contribution in [-0.4, -0.2) is 65.6 Å². The monoisotopic (exact) mass is 302 g/mol. The van der Waals surface area contributed by atoms with Gasteiger partial charge in [-0.15, -0.1) is 0 Å². The number of aliphatic hydroxyl groups excluding tert-OH is 1. The number of urea groups is 1. The van der Waals surface area contributed by atoms with E-state index >= 15 is 0 Å². The Kier molecular flexibility index (Phi) is 7.45. The number of nitrogens with zero attached hydrogens (tertiary/aromatic N) is 1. The Hall–Kier alpha value is -1.34. The fraction of sp³-hybridized carbons (Fsp3) is 0.857. The van der Waals surface area contributed by atoms with Crippen molar-refractivity contribution in [3.63, 3.8) is 0 Å². The number of hydrogen-bond acceptors (Lipinski definition) is 4. The van der Waals surface area contributed by atoms with E-state index in [1.165, 1.54) is 0 Å². The van der Waals surface area contributed by atoms with Gasteiger partial charge in [0, 0.05) is 19.5 Å². The number of morpholine rings is 1. The summed E-state index contributed by atoms with van der Waals surface area (Å²) in [4.78, 5) is 24.2. The molecule has 1 rings (SSSR count). The molecule has 0 aliphatic carbocycles. The Morgan fingerprint density at radius 3 is 2.71 bits per heavy atom. The third-order valence-corrected chi connectivity index (χ3v) is 3.58. The van der Waals surface area contributed by atoms with Crippen molar-refractivity contribution in [1.82, 2.24) is 10.2 Å². The molecular weight excluding hydrogens is 276 g/mol. The van der Waals surface area contributed by atoms with Crippen LogP contribution in [0.4, 0.5) is 4.79 Å². The Bertz CT molecular complexity index is 350. The first-order valence-corrected chi connectivity index (χ1v) is 7.43. The van der Waals surface area contributed by atoms with E-state index in [2.05, 4.69) is 5.32 Å². The summed E-state index contributed by atoms with van der Waals surface area (Å²) >= 11 is 0. The maximum absolute atomic E-state index is 12.0. The second-order valence-corrected chi connectivity index (χ2v) is 5.71. The number of aliphatic carboxylic acids is 1. The van der Waals surface area contributed by atoms with Crippen LogP contribution in [0.15, 0.2) is 0 Å². The number of carboxylic acid groups (broad SMARTS) is 1. The predicted octanol–water partition coefficient (Wildman–Crippen LogP) is 0.669. The minimum absolute atomic E-state index is 0.0869. The van der Waals surface area contributed by atoms with Crippen molar-refractivity contribution < 1.29 is 24.5 Å². The highest BCUT2D eigenvalue weighted by Crippen LogP contribution is 2.12. The first-order valence-electron chi connectivity index (χ1n) is 7.43. The van der Waals surface area contributed by atoms with E-state index < -0.39 is 5.97 Å². The largest absolute Gasteiger partial charge is 0.481 e. The maximum atomic E-state index is 12.0. The highest BCUT2D eigenvalue weighted by molar-refractivity contribution is 5.74. The topological polar surface area (TPSA) is 99.1 Å². The van der Waals surface area contributed by atoms with Gasteiger partial charge in [-0.25, -0.2) is 4.79 Å². The quantitative estimate of drug-likeness (QED) is 0.642. The van der Waals surface area contributed by atoms with Gasteiger partial charge in [0.25, 0.3) is 0 Å². The molecule has 0 bridgehead atoms. The summed E-state index contributed by atoms with van der Waals surface area (Å²) in [6, 6.07) is -0.158. The van der Waals surface area contributed by atoms with Crippen LogP contribution >= 0.6 is 0 Å². The van der Waals surface area contributed by atoms with Crippen molar-refractivity contribution in [2.45, 2.75) is 45.3 Å². The number of rotatable bonds is 7. The van der Waals surface area contributed by atoms with E-state index in [1.807, 2.05) is 13.8 Å². The third kappa shape index (κ3) is 6.77. The van der Waals surface area contributed by atoms with Gasteiger partial charge in [-0.1, -0.05) is 6.92 Å². The zero-order valence-electron chi connectivity index (χ0n) is 12.7. The Labute approximate surface area is 125 Å². The van der Waals surface area contributed by atoms with E-state index in [4.69, 9.17) is 14.9 Å². The number of carbonyl (C=O) groups is 2. The van der Waals surface area contributed by atoms with Gasteiger partial charge in [0.2, 0.25) is 0 Å². The van der Waals surface area contributed by atoms with Crippen LogP contribution < -0.4 is 5.32 Å². The van der Waals surface area contributed by atoms with Crippen molar-refractivity contribution in [2.24, 2.45) is 5.92 Å². The molecule has 0 saturated carbocycles. The molecule has 7 nitrogen and oxygen atoms in total. The molecule has 1 heterocycles. The molecule has 1 fully saturated rings. The highest BCUT2D eigenvalue weighted by Gasteiger charge is 2.27. The summed E-state index contributed by atoms with van der Waals surface area (Å²) in [6.07, 6.45) is 1.12. The molecule has 3 unspecified atom stereocenters.